The number of hydrogen-bond acceptors (Lipinski definition) is 3. The number of fused-ring (bicyclic) bond motifs is 15. The van der Waals surface area contributed by atoms with Crippen molar-refractivity contribution in [3.8, 4) is 22.3 Å². The topological polar surface area (TPSA) is 19.6 Å². The van der Waals surface area contributed by atoms with Crippen molar-refractivity contribution in [2.45, 2.75) is 26.2 Å². The molecule has 13 rings (SSSR count). The first-order chi connectivity index (χ1) is 32.0. The molecule has 0 aliphatic heterocycles. The van der Waals surface area contributed by atoms with E-state index in [2.05, 4.69) is 243 Å². The van der Waals surface area contributed by atoms with E-state index in [0.717, 1.165) is 44.7 Å². The molecule has 2 aliphatic rings. The summed E-state index contributed by atoms with van der Waals surface area (Å²) in [6.07, 6.45) is 0. The average molecular weight is 833 g/mol. The number of furan rings is 1. The molecule has 2 aliphatic carbocycles. The minimum Gasteiger partial charge on any atom is -0.456 e. The highest BCUT2D eigenvalue weighted by molar-refractivity contribution is 6.17. The van der Waals surface area contributed by atoms with E-state index in [0.29, 0.717) is 0 Å². The predicted octanol–water partition coefficient (Wildman–Crippen LogP) is 16.9. The molecule has 3 nitrogen and oxygen atoms in total. The third-order valence-electron chi connectivity index (χ3n) is 14.2. The molecule has 0 atom stereocenters. The molecular weight excluding hydrogens is 789 g/mol. The summed E-state index contributed by atoms with van der Waals surface area (Å²) >= 11 is 0. The zero-order chi connectivity index (χ0) is 43.4. The van der Waals surface area contributed by atoms with Crippen LogP contribution in [0.15, 0.2) is 217 Å². The van der Waals surface area contributed by atoms with E-state index in [-0.39, 0.29) is 0 Å². The molecule has 65 heavy (non-hydrogen) atoms. The molecule has 0 N–H and O–H groups in total. The maximum absolute atomic E-state index is 6.58. The molecule has 0 fully saturated rings. The van der Waals surface area contributed by atoms with E-state index in [1.54, 1.807) is 0 Å². The Hall–Kier alpha value is -8.14. The number of aryl methyl sites for hydroxylation is 3. The molecule has 3 heteroatoms. The second-order valence-corrected chi connectivity index (χ2v) is 17.7. The fraction of sp³-hybridized carbons (Fsp3) is 0.0645. The summed E-state index contributed by atoms with van der Waals surface area (Å²) < 4.78 is 6.58. The second kappa shape index (κ2) is 14.2. The molecule has 1 aromatic heterocycles. The van der Waals surface area contributed by atoms with Gasteiger partial charge in [0.15, 0.2) is 0 Å². The number of para-hydroxylation sites is 4. The zero-order valence-corrected chi connectivity index (χ0v) is 36.5. The van der Waals surface area contributed by atoms with Gasteiger partial charge in [-0.2, -0.15) is 0 Å². The van der Waals surface area contributed by atoms with E-state index in [1.807, 2.05) is 0 Å². The lowest BCUT2D eigenvalue weighted by Gasteiger charge is -2.34. The van der Waals surface area contributed by atoms with Crippen molar-refractivity contribution < 1.29 is 4.42 Å². The molecule has 0 unspecified atom stereocenters. The molecule has 308 valence electrons. The number of anilines is 6. The maximum Gasteiger partial charge on any atom is 0.137 e. The predicted molar refractivity (Wildman–Crippen MR) is 271 cm³/mol. The van der Waals surface area contributed by atoms with Gasteiger partial charge in [0.05, 0.1) is 22.2 Å². The number of hydrogen-bond donors (Lipinski definition) is 0. The van der Waals surface area contributed by atoms with Crippen LogP contribution in [0, 0.1) is 20.8 Å². The highest BCUT2D eigenvalue weighted by Gasteiger charge is 2.53. The summed E-state index contributed by atoms with van der Waals surface area (Å²) in [5.41, 5.74) is 21.9. The monoisotopic (exact) mass is 832 g/mol. The Labute approximate surface area is 379 Å². The Morgan fingerprint density at radius 3 is 1.49 bits per heavy atom. The van der Waals surface area contributed by atoms with Gasteiger partial charge in [-0.15, -0.1) is 0 Å². The smallest absolute Gasteiger partial charge is 0.137 e. The zero-order valence-electron chi connectivity index (χ0n) is 36.5. The lowest BCUT2D eigenvalue weighted by atomic mass is 9.70. The van der Waals surface area contributed by atoms with Crippen LogP contribution in [0.25, 0.3) is 55.0 Å². The molecule has 10 aromatic carbocycles. The van der Waals surface area contributed by atoms with Gasteiger partial charge >= 0.3 is 0 Å². The normalized spacial score (nSPS) is 13.0. The van der Waals surface area contributed by atoms with E-state index in [4.69, 9.17) is 4.42 Å². The SMILES string of the molecule is Cc1ccccc1N(c1ccc2c(c1)C1(c3ccccc3-c3ccccc31)c1cc(N(c3ccccc3C)c3cccc4oc5ccccc5c34)c3ccccc3c1-2)c1ccccc1C. The lowest BCUT2D eigenvalue weighted by molar-refractivity contribution is 0.669. The van der Waals surface area contributed by atoms with Crippen molar-refractivity contribution >= 4 is 66.8 Å². The lowest BCUT2D eigenvalue weighted by Crippen LogP contribution is -2.26. The number of rotatable bonds is 6. The van der Waals surface area contributed by atoms with Gasteiger partial charge in [-0.1, -0.05) is 158 Å². The van der Waals surface area contributed by atoms with Crippen molar-refractivity contribution in [3.63, 3.8) is 0 Å². The van der Waals surface area contributed by atoms with E-state index >= 15 is 0 Å². The summed E-state index contributed by atoms with van der Waals surface area (Å²) in [7, 11) is 0. The van der Waals surface area contributed by atoms with Crippen molar-refractivity contribution in [1.82, 2.24) is 0 Å². The van der Waals surface area contributed by atoms with Crippen molar-refractivity contribution in [2.75, 3.05) is 9.80 Å². The van der Waals surface area contributed by atoms with Crippen LogP contribution in [0.4, 0.5) is 34.1 Å². The van der Waals surface area contributed by atoms with Gasteiger partial charge in [0.25, 0.3) is 0 Å². The van der Waals surface area contributed by atoms with Crippen LogP contribution in [0.5, 0.6) is 0 Å². The quantitative estimate of drug-likeness (QED) is 0.166. The standard InChI is InChI=1S/C62H44N2O/c1-39-19-4-14-29-53(39)63(54-30-15-5-20-40(54)2)42-35-36-47-51(37-42)62(49-27-12-9-22-43(49)44-23-10-13-28-50(44)62)52-38-57(45-24-7-8-25-46(45)60(47)52)64(55-31-16-6-21-41(55)3)56-32-18-34-59-61(56)48-26-11-17-33-58(48)65-59/h4-38H,1-3H3. The van der Waals surface area contributed by atoms with Gasteiger partial charge in [0.1, 0.15) is 11.2 Å². The van der Waals surface area contributed by atoms with Crippen molar-refractivity contribution in [1.29, 1.82) is 0 Å². The minimum atomic E-state index is -0.623. The summed E-state index contributed by atoms with van der Waals surface area (Å²) in [4.78, 5) is 4.98. The fourth-order valence-corrected chi connectivity index (χ4v) is 11.5. The molecule has 0 saturated heterocycles. The third kappa shape index (κ3) is 5.24. The third-order valence-corrected chi connectivity index (χ3v) is 14.2. The Kier molecular flexibility index (Phi) is 8.17. The molecule has 11 aromatic rings. The van der Waals surface area contributed by atoms with Crippen molar-refractivity contribution in [2.24, 2.45) is 0 Å². The maximum atomic E-state index is 6.58. The molecule has 0 bridgehead atoms. The first kappa shape index (κ1) is 37.4. The van der Waals surface area contributed by atoms with E-state index < -0.39 is 5.41 Å². The largest absolute Gasteiger partial charge is 0.456 e. The van der Waals surface area contributed by atoms with Crippen LogP contribution in [-0.4, -0.2) is 0 Å². The summed E-state index contributed by atoms with van der Waals surface area (Å²) in [5.74, 6) is 0. The summed E-state index contributed by atoms with van der Waals surface area (Å²) in [6.45, 7) is 6.66. The average Bonchev–Trinajstić information content (AvgIpc) is 3.98. The minimum absolute atomic E-state index is 0.623. The van der Waals surface area contributed by atoms with Crippen LogP contribution in [0.1, 0.15) is 38.9 Å². The molecule has 1 heterocycles. The fourth-order valence-electron chi connectivity index (χ4n) is 11.5. The first-order valence-corrected chi connectivity index (χ1v) is 22.6. The van der Waals surface area contributed by atoms with Gasteiger partial charge in [0, 0.05) is 33.5 Å². The summed E-state index contributed by atoms with van der Waals surface area (Å²) in [5, 5.41) is 4.62. The van der Waals surface area contributed by atoms with Gasteiger partial charge in [-0.25, -0.2) is 0 Å². The highest BCUT2D eigenvalue weighted by atomic mass is 16.3. The molecule has 1 spiro atoms. The van der Waals surface area contributed by atoms with Crippen LogP contribution in [-0.2, 0) is 5.41 Å². The van der Waals surface area contributed by atoms with Crippen LogP contribution < -0.4 is 9.80 Å². The molecule has 0 amide bonds. The second-order valence-electron chi connectivity index (χ2n) is 17.7. The van der Waals surface area contributed by atoms with Gasteiger partial charge < -0.3 is 14.2 Å². The van der Waals surface area contributed by atoms with E-state index in [9.17, 15) is 0 Å². The molecule has 0 saturated carbocycles. The van der Waals surface area contributed by atoms with Crippen LogP contribution in [0.3, 0.4) is 0 Å². The number of benzene rings is 10. The van der Waals surface area contributed by atoms with Crippen molar-refractivity contribution in [3.05, 3.63) is 251 Å². The Morgan fingerprint density at radius 1 is 0.338 bits per heavy atom. The van der Waals surface area contributed by atoms with Crippen LogP contribution in [0.2, 0.25) is 0 Å². The Bertz CT molecular complexity index is 3650. The molecule has 0 radical (unpaired) electrons. The first-order valence-electron chi connectivity index (χ1n) is 22.6. The van der Waals surface area contributed by atoms with Crippen LogP contribution >= 0.6 is 0 Å². The van der Waals surface area contributed by atoms with Gasteiger partial charge in [-0.3, -0.25) is 0 Å². The Morgan fingerprint density at radius 2 is 0.846 bits per heavy atom. The Balaban J connectivity index is 1.17. The molecular formula is C62H44N2O. The number of nitrogens with zero attached hydrogens (tertiary/aromatic N) is 2. The van der Waals surface area contributed by atoms with Gasteiger partial charge in [-0.05, 0) is 142 Å². The summed E-state index contributed by atoms with van der Waals surface area (Å²) in [6, 6.07) is 78.4. The van der Waals surface area contributed by atoms with Gasteiger partial charge in [0.2, 0.25) is 0 Å². The van der Waals surface area contributed by atoms with E-state index in [1.165, 1.54) is 83.3 Å². The highest BCUT2D eigenvalue weighted by Crippen LogP contribution is 2.65.